The molecule has 134 valence electrons. The molecule has 26 heavy (non-hydrogen) atoms. The van der Waals surface area contributed by atoms with Crippen molar-refractivity contribution in [3.8, 4) is 5.75 Å². The maximum Gasteiger partial charge on any atom is 0.337 e. The number of hydrogen-bond donors (Lipinski definition) is 0. The lowest BCUT2D eigenvalue weighted by molar-refractivity contribution is -0.384. The number of nitrogens with zero attached hydrogens (tertiary/aromatic N) is 2. The monoisotopic (exact) mass is 357 g/mol. The molecule has 7 heteroatoms. The summed E-state index contributed by atoms with van der Waals surface area (Å²) in [4.78, 5) is 22.4. The van der Waals surface area contributed by atoms with Gasteiger partial charge in [-0.2, -0.15) is 0 Å². The van der Waals surface area contributed by atoms with E-state index in [4.69, 9.17) is 13.6 Å². The number of ether oxygens (including phenoxy) is 2. The lowest BCUT2D eigenvalue weighted by atomic mass is 10.0. The minimum Gasteiger partial charge on any atom is -0.496 e. The van der Waals surface area contributed by atoms with Crippen molar-refractivity contribution >= 4 is 22.6 Å². The molecule has 0 aliphatic heterocycles. The largest absolute Gasteiger partial charge is 0.496 e. The zero-order chi connectivity index (χ0) is 21.3. The van der Waals surface area contributed by atoms with Gasteiger partial charge in [-0.15, -0.1) is 0 Å². The molecule has 0 unspecified atom stereocenters. The maximum absolute atomic E-state index is 11.7. The minimum absolute atomic E-state index is 0.130. The number of nitro groups is 1. The van der Waals surface area contributed by atoms with Crippen LogP contribution in [-0.2, 0) is 18.1 Å². The van der Waals surface area contributed by atoms with Gasteiger partial charge in [0.05, 0.1) is 24.7 Å². The zero-order valence-corrected chi connectivity index (χ0v) is 14.2. The van der Waals surface area contributed by atoms with E-state index in [-0.39, 0.29) is 12.1 Å². The fraction of sp³-hybridized carbons (Fsp3) is 0.211. The molecule has 0 radical (unpaired) electrons. The van der Waals surface area contributed by atoms with Gasteiger partial charge in [0.15, 0.2) is 0 Å². The number of benzene rings is 2. The van der Waals surface area contributed by atoms with E-state index in [0.29, 0.717) is 33.3 Å². The lowest BCUT2D eigenvalue weighted by Gasteiger charge is -2.10. The Bertz CT molecular complexity index is 1110. The van der Waals surface area contributed by atoms with Crippen molar-refractivity contribution in [1.29, 1.82) is 0 Å². The van der Waals surface area contributed by atoms with E-state index in [0.717, 1.165) is 4.57 Å². The molecule has 1 heterocycles. The number of aromatic nitrogens is 1. The van der Waals surface area contributed by atoms with Gasteiger partial charge >= 0.3 is 5.97 Å². The smallest absolute Gasteiger partial charge is 0.337 e. The molecular formula is C19H18N2O5. The normalized spacial score (nSPS) is 12.9. The van der Waals surface area contributed by atoms with Gasteiger partial charge in [-0.25, -0.2) is 4.79 Å². The predicted octanol–water partition coefficient (Wildman–Crippen LogP) is 3.47. The van der Waals surface area contributed by atoms with Gasteiger partial charge in [-0.1, -0.05) is 6.07 Å². The summed E-state index contributed by atoms with van der Waals surface area (Å²) in [5, 5.41) is 11.6. The number of esters is 1. The Morgan fingerprint density at radius 2 is 2.04 bits per heavy atom. The molecular weight excluding hydrogens is 336 g/mol. The third-order valence-corrected chi connectivity index (χ3v) is 4.17. The second kappa shape index (κ2) is 6.87. The van der Waals surface area contributed by atoms with Crippen LogP contribution in [0.15, 0.2) is 42.6 Å². The molecule has 0 saturated heterocycles. The first-order chi connectivity index (χ1) is 13.7. The average Bonchev–Trinajstić information content (AvgIpc) is 3.05. The minimum atomic E-state index is -2.44. The van der Waals surface area contributed by atoms with Gasteiger partial charge in [0, 0.05) is 46.7 Å². The number of methoxy groups -OCH3 is 2. The van der Waals surface area contributed by atoms with Gasteiger partial charge in [0.2, 0.25) is 0 Å². The van der Waals surface area contributed by atoms with E-state index < -0.39 is 17.9 Å². The SMILES string of the molecule is [2H]C([2H])([2H])n1cc(Cc2ccc(C(=O)OC)cc2OC)c2cc([N+](=O)[O-])ccc21. The molecule has 1 aromatic heterocycles. The number of rotatable bonds is 5. The predicted molar refractivity (Wildman–Crippen MR) is 96.7 cm³/mol. The van der Waals surface area contributed by atoms with E-state index >= 15 is 0 Å². The van der Waals surface area contributed by atoms with Crippen molar-refractivity contribution in [2.75, 3.05) is 14.2 Å². The van der Waals surface area contributed by atoms with Gasteiger partial charge in [0.1, 0.15) is 5.75 Å². The van der Waals surface area contributed by atoms with E-state index in [9.17, 15) is 14.9 Å². The van der Waals surface area contributed by atoms with Crippen LogP contribution in [0.25, 0.3) is 10.9 Å². The first-order valence-corrected chi connectivity index (χ1v) is 7.69. The van der Waals surface area contributed by atoms with Gasteiger partial charge in [0.25, 0.3) is 5.69 Å². The Kier molecular flexibility index (Phi) is 3.67. The molecule has 3 aromatic rings. The van der Waals surface area contributed by atoms with Crippen LogP contribution in [-0.4, -0.2) is 29.7 Å². The summed E-state index contributed by atoms with van der Waals surface area (Å²) in [5.41, 5.74) is 1.83. The molecule has 3 rings (SSSR count). The highest BCUT2D eigenvalue weighted by molar-refractivity contribution is 5.90. The zero-order valence-electron chi connectivity index (χ0n) is 17.2. The van der Waals surface area contributed by atoms with E-state index in [2.05, 4.69) is 0 Å². The van der Waals surface area contributed by atoms with Crippen LogP contribution in [0, 0.1) is 10.1 Å². The highest BCUT2D eigenvalue weighted by Crippen LogP contribution is 2.30. The number of non-ortho nitro benzene ring substituents is 1. The standard InChI is InChI=1S/C19H18N2O5/c1-20-11-14(16-10-15(21(23)24)6-7-17(16)20)8-12-4-5-13(19(22)26-3)9-18(12)25-2/h4-7,9-11H,8H2,1-3H3/i1D3. The lowest BCUT2D eigenvalue weighted by Crippen LogP contribution is -2.03. The molecule has 0 aliphatic carbocycles. The van der Waals surface area contributed by atoms with Gasteiger partial charge in [-0.3, -0.25) is 10.1 Å². The Balaban J connectivity index is 2.13. The summed E-state index contributed by atoms with van der Waals surface area (Å²) >= 11 is 0. The van der Waals surface area contributed by atoms with Crippen LogP contribution in [0.1, 0.15) is 25.6 Å². The van der Waals surface area contributed by atoms with Crippen molar-refractivity contribution < 1.29 is 23.3 Å². The summed E-state index contributed by atoms with van der Waals surface area (Å²) in [6.45, 7) is -2.44. The quantitative estimate of drug-likeness (QED) is 0.397. The van der Waals surface area contributed by atoms with Crippen LogP contribution in [0.3, 0.4) is 0 Å². The molecule has 7 nitrogen and oxygen atoms in total. The highest BCUT2D eigenvalue weighted by Gasteiger charge is 2.15. The second-order valence-corrected chi connectivity index (χ2v) is 5.68. The molecule has 0 amide bonds. The summed E-state index contributed by atoms with van der Waals surface area (Å²) in [6, 6.07) is 8.87. The van der Waals surface area contributed by atoms with E-state index in [1.165, 1.54) is 44.7 Å². The van der Waals surface area contributed by atoms with Crippen LogP contribution < -0.4 is 4.74 Å². The summed E-state index contributed by atoms with van der Waals surface area (Å²) < 4.78 is 34.4. The molecule has 0 spiro atoms. The first kappa shape index (κ1) is 13.9. The molecule has 0 aliphatic rings. The van der Waals surface area contributed by atoms with Crippen molar-refractivity contribution in [3.05, 3.63) is 69.4 Å². The fourth-order valence-corrected chi connectivity index (χ4v) is 2.88. The molecule has 0 atom stereocenters. The van der Waals surface area contributed by atoms with E-state index in [1.807, 2.05) is 0 Å². The molecule has 0 saturated carbocycles. The second-order valence-electron chi connectivity index (χ2n) is 5.68. The van der Waals surface area contributed by atoms with Crippen LogP contribution in [0.2, 0.25) is 0 Å². The Hall–Kier alpha value is -3.35. The van der Waals surface area contributed by atoms with Crippen LogP contribution >= 0.6 is 0 Å². The molecule has 0 N–H and O–H groups in total. The van der Waals surface area contributed by atoms with Crippen LogP contribution in [0.5, 0.6) is 5.75 Å². The summed E-state index contributed by atoms with van der Waals surface area (Å²) in [5.74, 6) is -0.0856. The Morgan fingerprint density at radius 3 is 2.69 bits per heavy atom. The van der Waals surface area contributed by atoms with Crippen molar-refractivity contribution in [2.24, 2.45) is 6.98 Å². The Morgan fingerprint density at radius 1 is 1.23 bits per heavy atom. The molecule has 0 fully saturated rings. The highest BCUT2D eigenvalue weighted by atomic mass is 16.6. The van der Waals surface area contributed by atoms with Crippen molar-refractivity contribution in [3.63, 3.8) is 0 Å². The van der Waals surface area contributed by atoms with E-state index in [1.54, 1.807) is 12.1 Å². The number of aryl methyl sites for hydroxylation is 1. The molecule has 0 bridgehead atoms. The van der Waals surface area contributed by atoms with Gasteiger partial charge < -0.3 is 14.0 Å². The topological polar surface area (TPSA) is 83.6 Å². The van der Waals surface area contributed by atoms with Crippen molar-refractivity contribution in [2.45, 2.75) is 6.42 Å². The Labute approximate surface area is 154 Å². The number of carbonyl (C=O) groups excluding carboxylic acids is 1. The third-order valence-electron chi connectivity index (χ3n) is 4.17. The molecule has 2 aromatic carbocycles. The fourth-order valence-electron chi connectivity index (χ4n) is 2.88. The number of fused-ring (bicyclic) bond motifs is 1. The van der Waals surface area contributed by atoms with Crippen molar-refractivity contribution in [1.82, 2.24) is 4.57 Å². The van der Waals surface area contributed by atoms with Gasteiger partial charge in [-0.05, 0) is 29.3 Å². The number of carbonyl (C=O) groups is 1. The van der Waals surface area contributed by atoms with Crippen LogP contribution in [0.4, 0.5) is 5.69 Å². The first-order valence-electron chi connectivity index (χ1n) is 9.19. The third kappa shape index (κ3) is 3.11. The average molecular weight is 357 g/mol. The summed E-state index contributed by atoms with van der Waals surface area (Å²) in [7, 11) is 2.73. The summed E-state index contributed by atoms with van der Waals surface area (Å²) in [6.07, 6.45) is 1.72. The number of nitro benzene ring substituents is 1. The maximum atomic E-state index is 11.7. The number of hydrogen-bond acceptors (Lipinski definition) is 5.